The second kappa shape index (κ2) is 6.61. The molecular formula is C16H24N2O5S. The maximum Gasteiger partial charge on any atom is 0.335 e. The molecule has 7 nitrogen and oxygen atoms in total. The Kier molecular flexibility index (Phi) is 4.85. The summed E-state index contributed by atoms with van der Waals surface area (Å²) in [6.07, 6.45) is 1.45. The van der Waals surface area contributed by atoms with Crippen LogP contribution in [0.3, 0.4) is 0 Å². The standard InChI is InChI=1S/C16H24N2O5S/c1-10-2-3-12-13(16(10)19)8-14(23-15(12)9-17)11-4-6-18(7-5-11)24(20,21)22/h2-3,11,14-15,19H,4-9,17H2,1H3,(H,20,21,22)/t14-,15-/m0/s1. The maximum absolute atomic E-state index is 11.2. The Morgan fingerprint density at radius 2 is 2.00 bits per heavy atom. The lowest BCUT2D eigenvalue weighted by Crippen LogP contribution is -2.43. The van der Waals surface area contributed by atoms with Crippen molar-refractivity contribution in [1.82, 2.24) is 4.31 Å². The van der Waals surface area contributed by atoms with Gasteiger partial charge in [0, 0.05) is 31.6 Å². The molecular weight excluding hydrogens is 332 g/mol. The van der Waals surface area contributed by atoms with E-state index in [0.29, 0.717) is 31.6 Å². The average Bonchev–Trinajstić information content (AvgIpc) is 2.56. The number of rotatable bonds is 3. The Bertz CT molecular complexity index is 713. The summed E-state index contributed by atoms with van der Waals surface area (Å²) in [4.78, 5) is 0. The van der Waals surface area contributed by atoms with E-state index in [1.807, 2.05) is 19.1 Å². The fraction of sp³-hybridized carbons (Fsp3) is 0.625. The molecule has 2 heterocycles. The number of phenolic OH excluding ortho intramolecular Hbond substituents is 1. The van der Waals surface area contributed by atoms with Gasteiger partial charge >= 0.3 is 10.3 Å². The Morgan fingerprint density at radius 3 is 2.58 bits per heavy atom. The van der Waals surface area contributed by atoms with Crippen LogP contribution in [-0.4, -0.2) is 48.1 Å². The van der Waals surface area contributed by atoms with Gasteiger partial charge in [0.1, 0.15) is 5.75 Å². The van der Waals surface area contributed by atoms with E-state index in [2.05, 4.69) is 0 Å². The molecule has 24 heavy (non-hydrogen) atoms. The first-order valence-corrected chi connectivity index (χ1v) is 9.60. The molecule has 0 saturated carbocycles. The summed E-state index contributed by atoms with van der Waals surface area (Å²) in [6.45, 7) is 2.75. The van der Waals surface area contributed by atoms with Crippen LogP contribution in [0.25, 0.3) is 0 Å². The topological polar surface area (TPSA) is 113 Å². The average molecular weight is 356 g/mol. The molecule has 134 valence electrons. The monoisotopic (exact) mass is 356 g/mol. The van der Waals surface area contributed by atoms with E-state index in [9.17, 15) is 13.5 Å². The fourth-order valence-electron chi connectivity index (χ4n) is 3.76. The van der Waals surface area contributed by atoms with Gasteiger partial charge in [-0.05, 0) is 36.8 Å². The Hall–Kier alpha value is -1.19. The number of hydrogen-bond acceptors (Lipinski definition) is 5. The molecule has 4 N–H and O–H groups in total. The number of phenols is 1. The van der Waals surface area contributed by atoms with E-state index < -0.39 is 10.3 Å². The second-order valence-electron chi connectivity index (χ2n) is 6.62. The Labute approximate surface area is 142 Å². The normalized spacial score (nSPS) is 26.3. The van der Waals surface area contributed by atoms with Crippen LogP contribution >= 0.6 is 0 Å². The quantitative estimate of drug-likeness (QED) is 0.701. The van der Waals surface area contributed by atoms with Crippen molar-refractivity contribution in [2.75, 3.05) is 19.6 Å². The second-order valence-corrected chi connectivity index (χ2v) is 8.03. The number of aryl methyl sites for hydroxylation is 1. The molecule has 2 atom stereocenters. The molecule has 1 aromatic rings. The van der Waals surface area contributed by atoms with E-state index in [1.165, 1.54) is 0 Å². The van der Waals surface area contributed by atoms with Crippen LogP contribution < -0.4 is 5.73 Å². The fourth-order valence-corrected chi connectivity index (χ4v) is 4.43. The van der Waals surface area contributed by atoms with Gasteiger partial charge in [0.2, 0.25) is 0 Å². The molecule has 2 aliphatic rings. The number of nitrogens with zero attached hydrogens (tertiary/aromatic N) is 1. The third kappa shape index (κ3) is 3.29. The van der Waals surface area contributed by atoms with Gasteiger partial charge in [-0.25, -0.2) is 0 Å². The van der Waals surface area contributed by atoms with Crippen LogP contribution in [-0.2, 0) is 21.5 Å². The van der Waals surface area contributed by atoms with Gasteiger partial charge in [-0.3, -0.25) is 4.55 Å². The highest BCUT2D eigenvalue weighted by molar-refractivity contribution is 7.83. The van der Waals surface area contributed by atoms with Crippen LogP contribution in [0.5, 0.6) is 5.75 Å². The lowest BCUT2D eigenvalue weighted by molar-refractivity contribution is -0.0614. The first kappa shape index (κ1) is 17.6. The van der Waals surface area contributed by atoms with E-state index in [0.717, 1.165) is 21.0 Å². The van der Waals surface area contributed by atoms with Gasteiger partial charge < -0.3 is 15.6 Å². The van der Waals surface area contributed by atoms with Crippen molar-refractivity contribution < 1.29 is 22.8 Å². The van der Waals surface area contributed by atoms with Gasteiger partial charge in [-0.2, -0.15) is 12.7 Å². The van der Waals surface area contributed by atoms with Crippen molar-refractivity contribution >= 4 is 10.3 Å². The van der Waals surface area contributed by atoms with Crippen molar-refractivity contribution in [2.24, 2.45) is 11.7 Å². The minimum absolute atomic E-state index is 0.109. The van der Waals surface area contributed by atoms with Crippen LogP contribution in [0.15, 0.2) is 12.1 Å². The Balaban J connectivity index is 1.78. The predicted octanol–water partition coefficient (Wildman–Crippen LogP) is 1.16. The number of hydrogen-bond donors (Lipinski definition) is 3. The molecule has 0 spiro atoms. The van der Waals surface area contributed by atoms with Gasteiger partial charge in [-0.1, -0.05) is 12.1 Å². The summed E-state index contributed by atoms with van der Waals surface area (Å²) >= 11 is 0. The number of piperidine rings is 1. The molecule has 8 heteroatoms. The van der Waals surface area contributed by atoms with Crippen molar-refractivity contribution in [3.05, 3.63) is 28.8 Å². The maximum atomic E-state index is 11.2. The number of benzene rings is 1. The summed E-state index contributed by atoms with van der Waals surface area (Å²) in [5.41, 5.74) is 8.50. The number of aromatic hydroxyl groups is 1. The first-order valence-electron chi connectivity index (χ1n) is 8.20. The van der Waals surface area contributed by atoms with Crippen molar-refractivity contribution in [1.29, 1.82) is 0 Å². The molecule has 1 saturated heterocycles. The lowest BCUT2D eigenvalue weighted by atomic mass is 9.83. The highest BCUT2D eigenvalue weighted by Gasteiger charge is 2.36. The molecule has 0 amide bonds. The van der Waals surface area contributed by atoms with Crippen LogP contribution in [0.2, 0.25) is 0 Å². The zero-order valence-corrected chi connectivity index (χ0v) is 14.5. The molecule has 1 aromatic carbocycles. The minimum Gasteiger partial charge on any atom is -0.507 e. The third-order valence-electron chi connectivity index (χ3n) is 5.18. The minimum atomic E-state index is -4.12. The lowest BCUT2D eigenvalue weighted by Gasteiger charge is -2.39. The summed E-state index contributed by atoms with van der Waals surface area (Å²) in [5.74, 6) is 0.472. The SMILES string of the molecule is Cc1ccc2c(c1O)C[C@@H](C1CCN(S(=O)(=O)O)CC1)O[C@H]2CN. The largest absolute Gasteiger partial charge is 0.507 e. The van der Waals surface area contributed by atoms with E-state index in [1.54, 1.807) is 0 Å². The smallest absolute Gasteiger partial charge is 0.335 e. The summed E-state index contributed by atoms with van der Waals surface area (Å²) < 4.78 is 38.8. The van der Waals surface area contributed by atoms with Crippen molar-refractivity contribution in [3.63, 3.8) is 0 Å². The molecule has 0 unspecified atom stereocenters. The predicted molar refractivity (Wildman–Crippen MR) is 89.1 cm³/mol. The zero-order valence-electron chi connectivity index (χ0n) is 13.7. The van der Waals surface area contributed by atoms with Crippen LogP contribution in [0.1, 0.15) is 35.6 Å². The number of nitrogens with two attached hydrogens (primary N) is 1. The van der Waals surface area contributed by atoms with Crippen molar-refractivity contribution in [2.45, 2.75) is 38.4 Å². The summed E-state index contributed by atoms with van der Waals surface area (Å²) in [7, 11) is -4.12. The van der Waals surface area contributed by atoms with E-state index >= 15 is 0 Å². The van der Waals surface area contributed by atoms with Gasteiger partial charge in [0.15, 0.2) is 0 Å². The zero-order chi connectivity index (χ0) is 17.5. The number of fused-ring (bicyclic) bond motifs is 1. The summed E-state index contributed by atoms with van der Waals surface area (Å²) in [5, 5.41) is 10.4. The van der Waals surface area contributed by atoms with Gasteiger partial charge in [-0.15, -0.1) is 0 Å². The molecule has 2 aliphatic heterocycles. The molecule has 0 aliphatic carbocycles. The van der Waals surface area contributed by atoms with Gasteiger partial charge in [0.05, 0.1) is 12.2 Å². The Morgan fingerprint density at radius 1 is 1.33 bits per heavy atom. The van der Waals surface area contributed by atoms with E-state index in [4.69, 9.17) is 15.0 Å². The van der Waals surface area contributed by atoms with Crippen LogP contribution in [0, 0.1) is 12.8 Å². The third-order valence-corrected chi connectivity index (χ3v) is 6.19. The van der Waals surface area contributed by atoms with E-state index in [-0.39, 0.29) is 31.2 Å². The molecule has 0 bridgehead atoms. The number of ether oxygens (including phenoxy) is 1. The van der Waals surface area contributed by atoms with Crippen LogP contribution in [0.4, 0.5) is 0 Å². The van der Waals surface area contributed by atoms with Gasteiger partial charge in [0.25, 0.3) is 0 Å². The molecule has 3 rings (SSSR count). The molecule has 1 fully saturated rings. The first-order chi connectivity index (χ1) is 11.3. The molecule has 0 aromatic heterocycles. The summed E-state index contributed by atoms with van der Waals surface area (Å²) in [6, 6.07) is 3.82. The highest BCUT2D eigenvalue weighted by atomic mass is 32.2. The molecule has 0 radical (unpaired) electrons. The highest BCUT2D eigenvalue weighted by Crippen LogP contribution is 2.40. The van der Waals surface area contributed by atoms with Crippen molar-refractivity contribution in [3.8, 4) is 5.75 Å².